The van der Waals surface area contributed by atoms with E-state index in [4.69, 9.17) is 0 Å². The maximum Gasteiger partial charge on any atom is 0.252 e. The summed E-state index contributed by atoms with van der Waals surface area (Å²) in [5.74, 6) is -0.0894. The largest absolute Gasteiger partial charge is 0.354 e. The van der Waals surface area contributed by atoms with Crippen molar-refractivity contribution < 1.29 is 4.79 Å². The fourth-order valence-corrected chi connectivity index (χ4v) is 2.19. The van der Waals surface area contributed by atoms with Gasteiger partial charge in [0.1, 0.15) is 0 Å². The van der Waals surface area contributed by atoms with Crippen LogP contribution >= 0.6 is 0 Å². The van der Waals surface area contributed by atoms with Gasteiger partial charge >= 0.3 is 0 Å². The molecule has 0 saturated heterocycles. The van der Waals surface area contributed by atoms with E-state index >= 15 is 0 Å². The van der Waals surface area contributed by atoms with Crippen molar-refractivity contribution in [2.45, 2.75) is 27.2 Å². The second-order valence-electron chi connectivity index (χ2n) is 5.22. The normalized spacial score (nSPS) is 10.2. The van der Waals surface area contributed by atoms with Crippen molar-refractivity contribution in [2.24, 2.45) is 0 Å². The quantitative estimate of drug-likeness (QED) is 0.881. The lowest BCUT2D eigenvalue weighted by Gasteiger charge is -2.10. The number of aryl methyl sites for hydroxylation is 2. The Morgan fingerprint density at radius 1 is 1.05 bits per heavy atom. The standard InChI is InChI=1S/C17H21N3O/c1-4-5-19-17(21)14-9-16(11-18-10-14)20-15-7-12(2)6-13(3)8-15/h6-11,20H,4-5H2,1-3H3,(H,19,21). The van der Waals surface area contributed by atoms with Gasteiger partial charge in [-0.3, -0.25) is 9.78 Å². The third-order valence-electron chi connectivity index (χ3n) is 3.05. The monoisotopic (exact) mass is 283 g/mol. The van der Waals surface area contributed by atoms with E-state index in [2.05, 4.69) is 47.7 Å². The number of pyridine rings is 1. The third kappa shape index (κ3) is 4.31. The lowest BCUT2D eigenvalue weighted by atomic mass is 10.1. The van der Waals surface area contributed by atoms with Crippen LogP contribution in [0.5, 0.6) is 0 Å². The summed E-state index contributed by atoms with van der Waals surface area (Å²) < 4.78 is 0. The zero-order valence-electron chi connectivity index (χ0n) is 12.7. The van der Waals surface area contributed by atoms with Crippen molar-refractivity contribution >= 4 is 17.3 Å². The van der Waals surface area contributed by atoms with Crippen LogP contribution < -0.4 is 10.6 Å². The molecule has 2 rings (SSSR count). The van der Waals surface area contributed by atoms with E-state index in [0.717, 1.165) is 17.8 Å². The highest BCUT2D eigenvalue weighted by Crippen LogP contribution is 2.19. The van der Waals surface area contributed by atoms with Gasteiger partial charge in [0.15, 0.2) is 0 Å². The number of nitrogens with zero attached hydrogens (tertiary/aromatic N) is 1. The molecule has 4 heteroatoms. The molecule has 1 amide bonds. The molecule has 0 saturated carbocycles. The van der Waals surface area contributed by atoms with Gasteiger partial charge in [-0.1, -0.05) is 13.0 Å². The van der Waals surface area contributed by atoms with Gasteiger partial charge < -0.3 is 10.6 Å². The Morgan fingerprint density at radius 2 is 1.76 bits per heavy atom. The highest BCUT2D eigenvalue weighted by atomic mass is 16.1. The Hall–Kier alpha value is -2.36. The van der Waals surface area contributed by atoms with E-state index in [0.29, 0.717) is 12.1 Å². The molecule has 0 aliphatic heterocycles. The lowest BCUT2D eigenvalue weighted by Crippen LogP contribution is -2.24. The first-order valence-electron chi connectivity index (χ1n) is 7.17. The smallest absolute Gasteiger partial charge is 0.252 e. The summed E-state index contributed by atoms with van der Waals surface area (Å²) in [6.07, 6.45) is 4.21. The number of hydrogen-bond donors (Lipinski definition) is 2. The van der Waals surface area contributed by atoms with Gasteiger partial charge in [0.05, 0.1) is 17.4 Å². The highest BCUT2D eigenvalue weighted by Gasteiger charge is 2.06. The van der Waals surface area contributed by atoms with Crippen LogP contribution in [0.1, 0.15) is 34.8 Å². The van der Waals surface area contributed by atoms with Crippen LogP contribution in [0.25, 0.3) is 0 Å². The summed E-state index contributed by atoms with van der Waals surface area (Å²) in [4.78, 5) is 16.1. The Labute approximate surface area is 125 Å². The molecule has 1 heterocycles. The summed E-state index contributed by atoms with van der Waals surface area (Å²) in [6, 6.07) is 8.07. The molecule has 21 heavy (non-hydrogen) atoms. The molecule has 0 atom stereocenters. The molecule has 2 aromatic rings. The fourth-order valence-electron chi connectivity index (χ4n) is 2.19. The number of hydrogen-bond acceptors (Lipinski definition) is 3. The molecule has 0 bridgehead atoms. The van der Waals surface area contributed by atoms with Crippen molar-refractivity contribution in [3.05, 3.63) is 53.3 Å². The van der Waals surface area contributed by atoms with E-state index in [-0.39, 0.29) is 5.91 Å². The predicted molar refractivity (Wildman–Crippen MR) is 86.1 cm³/mol. The van der Waals surface area contributed by atoms with Gasteiger partial charge in [-0.2, -0.15) is 0 Å². The topological polar surface area (TPSA) is 54.0 Å². The van der Waals surface area contributed by atoms with Crippen LogP contribution in [-0.2, 0) is 0 Å². The summed E-state index contributed by atoms with van der Waals surface area (Å²) in [5, 5.41) is 6.15. The molecule has 2 N–H and O–H groups in total. The van der Waals surface area contributed by atoms with Crippen molar-refractivity contribution in [1.29, 1.82) is 0 Å². The number of amides is 1. The zero-order chi connectivity index (χ0) is 15.2. The molecule has 0 aliphatic rings. The first-order chi connectivity index (χ1) is 10.1. The van der Waals surface area contributed by atoms with Crippen LogP contribution in [0.2, 0.25) is 0 Å². The fraction of sp³-hybridized carbons (Fsp3) is 0.294. The highest BCUT2D eigenvalue weighted by molar-refractivity contribution is 5.94. The van der Waals surface area contributed by atoms with E-state index in [1.807, 2.05) is 13.0 Å². The minimum atomic E-state index is -0.0894. The Bertz CT molecular complexity index is 617. The summed E-state index contributed by atoms with van der Waals surface area (Å²) in [5.41, 5.74) is 4.77. The Morgan fingerprint density at radius 3 is 2.43 bits per heavy atom. The van der Waals surface area contributed by atoms with E-state index in [9.17, 15) is 4.79 Å². The first-order valence-corrected chi connectivity index (χ1v) is 7.17. The van der Waals surface area contributed by atoms with Gasteiger partial charge in [0, 0.05) is 18.4 Å². The van der Waals surface area contributed by atoms with Crippen molar-refractivity contribution in [1.82, 2.24) is 10.3 Å². The van der Waals surface area contributed by atoms with Crippen molar-refractivity contribution in [3.63, 3.8) is 0 Å². The number of anilines is 2. The molecule has 0 unspecified atom stereocenters. The number of aromatic nitrogens is 1. The number of nitrogens with one attached hydrogen (secondary N) is 2. The Kier molecular flexibility index (Phi) is 4.93. The molecular formula is C17H21N3O. The number of rotatable bonds is 5. The second-order valence-corrected chi connectivity index (χ2v) is 5.22. The van der Waals surface area contributed by atoms with Gasteiger partial charge in [-0.25, -0.2) is 0 Å². The number of benzene rings is 1. The SMILES string of the molecule is CCCNC(=O)c1cncc(Nc2cc(C)cc(C)c2)c1. The minimum Gasteiger partial charge on any atom is -0.354 e. The van der Waals surface area contributed by atoms with Crippen LogP contribution in [0.4, 0.5) is 11.4 Å². The molecule has 1 aromatic carbocycles. The lowest BCUT2D eigenvalue weighted by molar-refractivity contribution is 0.0953. The molecule has 0 spiro atoms. The molecule has 0 radical (unpaired) electrons. The van der Waals surface area contributed by atoms with Gasteiger partial charge in [0.2, 0.25) is 0 Å². The van der Waals surface area contributed by atoms with Crippen molar-refractivity contribution in [3.8, 4) is 0 Å². The van der Waals surface area contributed by atoms with Gasteiger partial charge in [-0.05, 0) is 49.6 Å². The molecule has 0 aliphatic carbocycles. The summed E-state index contributed by atoms with van der Waals surface area (Å²) >= 11 is 0. The second kappa shape index (κ2) is 6.88. The molecule has 0 fully saturated rings. The maximum atomic E-state index is 11.9. The van der Waals surface area contributed by atoms with E-state index in [1.54, 1.807) is 12.4 Å². The first kappa shape index (κ1) is 15.0. The third-order valence-corrected chi connectivity index (χ3v) is 3.05. The predicted octanol–water partition coefficient (Wildman–Crippen LogP) is 3.58. The average Bonchev–Trinajstić information content (AvgIpc) is 2.44. The van der Waals surface area contributed by atoms with Crippen LogP contribution in [0, 0.1) is 13.8 Å². The molecular weight excluding hydrogens is 262 g/mol. The van der Waals surface area contributed by atoms with Crippen LogP contribution in [-0.4, -0.2) is 17.4 Å². The Balaban J connectivity index is 2.15. The van der Waals surface area contributed by atoms with E-state index in [1.165, 1.54) is 11.1 Å². The van der Waals surface area contributed by atoms with Gasteiger partial charge in [0.25, 0.3) is 5.91 Å². The molecule has 4 nitrogen and oxygen atoms in total. The average molecular weight is 283 g/mol. The van der Waals surface area contributed by atoms with Crippen molar-refractivity contribution in [2.75, 3.05) is 11.9 Å². The maximum absolute atomic E-state index is 11.9. The summed E-state index contributed by atoms with van der Waals surface area (Å²) in [6.45, 7) is 6.82. The minimum absolute atomic E-state index is 0.0894. The molecule has 110 valence electrons. The molecule has 1 aromatic heterocycles. The summed E-state index contributed by atoms with van der Waals surface area (Å²) in [7, 11) is 0. The van der Waals surface area contributed by atoms with Crippen LogP contribution in [0.3, 0.4) is 0 Å². The number of carbonyl (C=O) groups excluding carboxylic acids is 1. The van der Waals surface area contributed by atoms with Gasteiger partial charge in [-0.15, -0.1) is 0 Å². The zero-order valence-corrected chi connectivity index (χ0v) is 12.7. The van der Waals surface area contributed by atoms with Crippen LogP contribution in [0.15, 0.2) is 36.7 Å². The van der Waals surface area contributed by atoms with E-state index < -0.39 is 0 Å². The number of carbonyl (C=O) groups is 1.